The van der Waals surface area contributed by atoms with Crippen LogP contribution in [0.5, 0.6) is 5.75 Å². The van der Waals surface area contributed by atoms with Gasteiger partial charge < -0.3 is 21.2 Å². The molecule has 0 saturated carbocycles. The number of allylic oxidation sites excluding steroid dienone is 1. The summed E-state index contributed by atoms with van der Waals surface area (Å²) in [5.41, 5.74) is 8.39. The lowest BCUT2D eigenvalue weighted by atomic mass is 9.96. The van der Waals surface area contributed by atoms with E-state index in [0.717, 1.165) is 15.8 Å². The summed E-state index contributed by atoms with van der Waals surface area (Å²) in [6, 6.07) is 9.88. The summed E-state index contributed by atoms with van der Waals surface area (Å²) < 4.78 is 19.9. The number of thiazole rings is 1. The summed E-state index contributed by atoms with van der Waals surface area (Å²) in [7, 11) is 0. The molecule has 8 heteroatoms. The Labute approximate surface area is 164 Å². The second-order valence-corrected chi connectivity index (χ2v) is 7.45. The van der Waals surface area contributed by atoms with Crippen LogP contribution in [0.1, 0.15) is 11.1 Å². The lowest BCUT2D eigenvalue weighted by molar-refractivity contribution is -0.121. The first-order valence-corrected chi connectivity index (χ1v) is 9.44. The first-order chi connectivity index (χ1) is 13.6. The number of rotatable bonds is 4. The van der Waals surface area contributed by atoms with Crippen LogP contribution in [-0.2, 0) is 11.2 Å². The number of halogens is 1. The smallest absolute Gasteiger partial charge is 0.233 e. The molecule has 4 rings (SSSR count). The zero-order valence-electron chi connectivity index (χ0n) is 14.7. The second kappa shape index (κ2) is 7.40. The predicted octanol–water partition coefficient (Wildman–Crippen LogP) is 3.57. The standard InChI is InChI=1S/C20H17FN4O2S/c21-15-2-4-17-12(6-15)5-13(10-27-17)19(26)25-20-24-16-3-1-11(7-18(16)28-20)14(8-22)9-23/h1-4,6-9,13,22H,5,10,23H2,(H,24,25,26)/b14-9+,22-8?. The number of benzene rings is 2. The Morgan fingerprint density at radius 3 is 3.00 bits per heavy atom. The normalized spacial score (nSPS) is 16.3. The predicted molar refractivity (Wildman–Crippen MR) is 108 cm³/mol. The third kappa shape index (κ3) is 3.46. The molecule has 1 unspecified atom stereocenters. The van der Waals surface area contributed by atoms with E-state index in [1.807, 2.05) is 18.2 Å². The first-order valence-electron chi connectivity index (χ1n) is 8.63. The highest BCUT2D eigenvalue weighted by Gasteiger charge is 2.27. The minimum absolute atomic E-state index is 0.212. The Kier molecular flexibility index (Phi) is 4.79. The lowest BCUT2D eigenvalue weighted by Crippen LogP contribution is -2.32. The van der Waals surface area contributed by atoms with Crippen molar-refractivity contribution in [2.45, 2.75) is 6.42 Å². The molecule has 3 aromatic rings. The molecule has 0 aliphatic carbocycles. The van der Waals surface area contributed by atoms with Crippen molar-refractivity contribution in [1.82, 2.24) is 4.98 Å². The minimum Gasteiger partial charge on any atom is -0.492 e. The van der Waals surface area contributed by atoms with Gasteiger partial charge in [0.1, 0.15) is 18.2 Å². The molecule has 0 radical (unpaired) electrons. The van der Waals surface area contributed by atoms with Gasteiger partial charge in [0.25, 0.3) is 0 Å². The summed E-state index contributed by atoms with van der Waals surface area (Å²) >= 11 is 1.34. The number of ether oxygens (including phenoxy) is 1. The topological polar surface area (TPSA) is 101 Å². The number of nitrogens with two attached hydrogens (primary N) is 1. The van der Waals surface area contributed by atoms with Crippen LogP contribution in [0.25, 0.3) is 15.8 Å². The van der Waals surface area contributed by atoms with Crippen molar-refractivity contribution in [3.05, 3.63) is 59.5 Å². The summed E-state index contributed by atoms with van der Waals surface area (Å²) in [5, 5.41) is 10.7. The Morgan fingerprint density at radius 2 is 2.21 bits per heavy atom. The van der Waals surface area contributed by atoms with Crippen LogP contribution in [0.4, 0.5) is 9.52 Å². The van der Waals surface area contributed by atoms with E-state index in [0.29, 0.717) is 28.4 Å². The summed E-state index contributed by atoms with van der Waals surface area (Å²) in [5.74, 6) is -0.355. The van der Waals surface area contributed by atoms with Crippen LogP contribution in [0, 0.1) is 17.1 Å². The van der Waals surface area contributed by atoms with Crippen molar-refractivity contribution in [3.8, 4) is 5.75 Å². The minimum atomic E-state index is -0.415. The number of anilines is 1. The van der Waals surface area contributed by atoms with E-state index in [2.05, 4.69) is 10.3 Å². The number of hydrogen-bond donors (Lipinski definition) is 3. The highest BCUT2D eigenvalue weighted by Crippen LogP contribution is 2.31. The Hall–Kier alpha value is -3.26. The van der Waals surface area contributed by atoms with E-state index in [-0.39, 0.29) is 18.3 Å². The molecule has 1 aliphatic rings. The number of aromatic nitrogens is 1. The van der Waals surface area contributed by atoms with Gasteiger partial charge in [-0.3, -0.25) is 4.79 Å². The average molecular weight is 396 g/mol. The van der Waals surface area contributed by atoms with Crippen LogP contribution in [-0.4, -0.2) is 23.7 Å². The number of amides is 1. The Morgan fingerprint density at radius 1 is 1.36 bits per heavy atom. The molecule has 2 aromatic carbocycles. The van der Waals surface area contributed by atoms with E-state index in [9.17, 15) is 9.18 Å². The van der Waals surface area contributed by atoms with Gasteiger partial charge in [-0.1, -0.05) is 17.4 Å². The summed E-state index contributed by atoms with van der Waals surface area (Å²) in [4.78, 5) is 17.1. The number of carbonyl (C=O) groups excluding carboxylic acids is 1. The Bertz CT molecular complexity index is 1110. The second-order valence-electron chi connectivity index (χ2n) is 6.42. The van der Waals surface area contributed by atoms with Crippen molar-refractivity contribution in [1.29, 1.82) is 5.41 Å². The summed E-state index contributed by atoms with van der Waals surface area (Å²) in [6.45, 7) is 0.240. The molecule has 0 bridgehead atoms. The van der Waals surface area contributed by atoms with Gasteiger partial charge in [-0.05, 0) is 47.9 Å². The van der Waals surface area contributed by atoms with Gasteiger partial charge in [-0.25, -0.2) is 9.37 Å². The van der Waals surface area contributed by atoms with Crippen molar-refractivity contribution in [2.24, 2.45) is 11.7 Å². The third-order valence-corrected chi connectivity index (χ3v) is 5.52. The summed E-state index contributed by atoms with van der Waals surface area (Å²) in [6.07, 6.45) is 2.98. The van der Waals surface area contributed by atoms with Gasteiger partial charge >= 0.3 is 0 Å². The molecule has 6 nitrogen and oxygen atoms in total. The first kappa shape index (κ1) is 18.1. The van der Waals surface area contributed by atoms with E-state index in [4.69, 9.17) is 15.9 Å². The maximum atomic E-state index is 13.4. The highest BCUT2D eigenvalue weighted by molar-refractivity contribution is 7.22. The van der Waals surface area contributed by atoms with Gasteiger partial charge in [0.15, 0.2) is 5.13 Å². The molecule has 0 fully saturated rings. The number of fused-ring (bicyclic) bond motifs is 2. The number of carbonyl (C=O) groups is 1. The van der Waals surface area contributed by atoms with Crippen LogP contribution in [0.3, 0.4) is 0 Å². The SMILES string of the molecule is N=C/C(=C\N)c1ccc2nc(NC(=O)C3COc4ccc(F)cc4C3)sc2c1. The maximum absolute atomic E-state index is 13.4. The van der Waals surface area contributed by atoms with Crippen LogP contribution >= 0.6 is 11.3 Å². The molecule has 2 heterocycles. The number of nitrogens with zero attached hydrogens (tertiary/aromatic N) is 1. The molecule has 28 heavy (non-hydrogen) atoms. The molecule has 1 aliphatic heterocycles. The fourth-order valence-corrected chi connectivity index (χ4v) is 4.03. The lowest BCUT2D eigenvalue weighted by Gasteiger charge is -2.24. The van der Waals surface area contributed by atoms with Crippen LogP contribution in [0.15, 0.2) is 42.6 Å². The zero-order chi connectivity index (χ0) is 19.7. The number of hydrogen-bond acceptors (Lipinski definition) is 6. The van der Waals surface area contributed by atoms with Gasteiger partial charge in [0.2, 0.25) is 5.91 Å². The molecule has 0 spiro atoms. The molecule has 0 saturated heterocycles. The molecule has 142 valence electrons. The maximum Gasteiger partial charge on any atom is 0.233 e. The average Bonchev–Trinajstić information content (AvgIpc) is 3.09. The van der Waals surface area contributed by atoms with Crippen molar-refractivity contribution in [2.75, 3.05) is 11.9 Å². The van der Waals surface area contributed by atoms with E-state index in [1.165, 1.54) is 35.9 Å². The monoisotopic (exact) mass is 396 g/mol. The zero-order valence-corrected chi connectivity index (χ0v) is 15.6. The highest BCUT2D eigenvalue weighted by atomic mass is 32.1. The molecular formula is C20H17FN4O2S. The largest absolute Gasteiger partial charge is 0.492 e. The van der Waals surface area contributed by atoms with Gasteiger partial charge in [0, 0.05) is 18.0 Å². The van der Waals surface area contributed by atoms with Crippen molar-refractivity contribution >= 4 is 44.4 Å². The number of nitrogens with one attached hydrogen (secondary N) is 2. The van der Waals surface area contributed by atoms with E-state index < -0.39 is 5.92 Å². The van der Waals surface area contributed by atoms with Crippen LogP contribution < -0.4 is 15.8 Å². The van der Waals surface area contributed by atoms with Crippen molar-refractivity contribution in [3.63, 3.8) is 0 Å². The van der Waals surface area contributed by atoms with Gasteiger partial charge in [-0.15, -0.1) is 0 Å². The molecule has 1 amide bonds. The Balaban J connectivity index is 1.52. The molecule has 1 aromatic heterocycles. The van der Waals surface area contributed by atoms with E-state index in [1.54, 1.807) is 6.07 Å². The van der Waals surface area contributed by atoms with Gasteiger partial charge in [0.05, 0.1) is 16.1 Å². The third-order valence-electron chi connectivity index (χ3n) is 4.59. The van der Waals surface area contributed by atoms with E-state index >= 15 is 0 Å². The fraction of sp³-hybridized carbons (Fsp3) is 0.150. The molecule has 4 N–H and O–H groups in total. The van der Waals surface area contributed by atoms with Gasteiger partial charge in [-0.2, -0.15) is 0 Å². The molecular weight excluding hydrogens is 379 g/mol. The van der Waals surface area contributed by atoms with Crippen LogP contribution in [0.2, 0.25) is 0 Å². The quantitative estimate of drug-likeness (QED) is 0.587. The fourth-order valence-electron chi connectivity index (χ4n) is 3.12. The van der Waals surface area contributed by atoms with Crippen molar-refractivity contribution < 1.29 is 13.9 Å². The molecule has 1 atom stereocenters.